The Morgan fingerprint density at radius 3 is 2.44 bits per heavy atom. The van der Waals surface area contributed by atoms with Gasteiger partial charge in [-0.2, -0.15) is 0 Å². The highest BCUT2D eigenvalue weighted by Crippen LogP contribution is 2.31. The minimum Gasteiger partial charge on any atom is -0.488 e. The van der Waals surface area contributed by atoms with E-state index >= 15 is 0 Å². The Kier molecular flexibility index (Phi) is 8.54. The summed E-state index contributed by atoms with van der Waals surface area (Å²) in [5.74, 6) is -1.23. The van der Waals surface area contributed by atoms with Crippen molar-refractivity contribution < 1.29 is 28.6 Å². The fourth-order valence-electron chi connectivity index (χ4n) is 3.30. The van der Waals surface area contributed by atoms with Crippen molar-refractivity contribution >= 4 is 11.8 Å². The summed E-state index contributed by atoms with van der Waals surface area (Å²) in [5.41, 5.74) is 5.35. The molecular formula is C26H33FN4O5. The summed E-state index contributed by atoms with van der Waals surface area (Å²) in [6.07, 6.45) is 2.75. The molecule has 0 spiro atoms. The third kappa shape index (κ3) is 6.96. The van der Waals surface area contributed by atoms with Crippen LogP contribution in [0, 0.1) is 5.82 Å². The largest absolute Gasteiger partial charge is 0.488 e. The second kappa shape index (κ2) is 11.4. The number of ether oxygens (including phenoxy) is 2. The number of carbonyl (C=O) groups is 2. The number of carbonyl (C=O) groups excluding carboxylic acids is 2. The number of hydrogen-bond donors (Lipinski definition) is 4. The maximum Gasteiger partial charge on any atom is 0.253 e. The molecule has 3 atom stereocenters. The van der Waals surface area contributed by atoms with E-state index in [-0.39, 0.29) is 34.3 Å². The van der Waals surface area contributed by atoms with Gasteiger partial charge < -0.3 is 35.8 Å². The molecule has 3 unspecified atom stereocenters. The lowest BCUT2D eigenvalue weighted by molar-refractivity contribution is 0.0602. The second-order valence-corrected chi connectivity index (χ2v) is 9.01. The number of nitrogens with two attached hydrogens (primary N) is 1. The third-order valence-electron chi connectivity index (χ3n) is 5.67. The molecule has 1 saturated heterocycles. The topological polar surface area (TPSA) is 126 Å². The fourth-order valence-corrected chi connectivity index (χ4v) is 3.30. The number of aliphatic hydroxyl groups is 1. The van der Waals surface area contributed by atoms with Crippen molar-refractivity contribution in [2.75, 3.05) is 20.1 Å². The Balaban J connectivity index is 1.88. The number of nitrogens with zero attached hydrogens (tertiary/aromatic N) is 1. The third-order valence-corrected chi connectivity index (χ3v) is 5.67. The molecule has 3 rings (SSSR count). The van der Waals surface area contributed by atoms with Crippen molar-refractivity contribution in [3.05, 3.63) is 65.6 Å². The van der Waals surface area contributed by atoms with Crippen LogP contribution >= 0.6 is 0 Å². The highest BCUT2D eigenvalue weighted by molar-refractivity contribution is 5.96. The number of aliphatic hydroxyl groups excluding tert-OH is 1. The Bertz CT molecular complexity index is 1130. The molecule has 10 heteroatoms. The first-order valence-electron chi connectivity index (χ1n) is 11.7. The molecule has 2 amide bonds. The number of hydrogen-bond acceptors (Lipinski definition) is 7. The van der Waals surface area contributed by atoms with Gasteiger partial charge in [0.25, 0.3) is 11.8 Å². The average Bonchev–Trinajstić information content (AvgIpc) is 2.77. The SMILES string of the molecule is CN/C=C\C(C)(N)NC(=O)c1cc(Oc2ccc(C(=O)N3CCC3)cc2F)cc(OC(C)C(C)O)c1. The van der Waals surface area contributed by atoms with E-state index in [9.17, 15) is 19.1 Å². The molecule has 0 aromatic heterocycles. The van der Waals surface area contributed by atoms with Crippen LogP contribution in [0.5, 0.6) is 17.2 Å². The summed E-state index contributed by atoms with van der Waals surface area (Å²) in [4.78, 5) is 27.0. The molecule has 1 aliphatic rings. The lowest BCUT2D eigenvalue weighted by Gasteiger charge is -2.30. The van der Waals surface area contributed by atoms with Gasteiger partial charge in [-0.3, -0.25) is 9.59 Å². The quantitative estimate of drug-likeness (QED) is 0.370. The molecule has 2 aromatic carbocycles. The average molecular weight is 501 g/mol. The summed E-state index contributed by atoms with van der Waals surface area (Å²) < 4.78 is 26.3. The van der Waals surface area contributed by atoms with Gasteiger partial charge in [-0.15, -0.1) is 0 Å². The van der Waals surface area contributed by atoms with Crippen molar-refractivity contribution in [2.24, 2.45) is 5.73 Å². The normalized spacial score (nSPS) is 16.5. The monoisotopic (exact) mass is 500 g/mol. The lowest BCUT2D eigenvalue weighted by atomic mass is 10.1. The fraction of sp³-hybridized carbons (Fsp3) is 0.385. The molecule has 0 radical (unpaired) electrons. The van der Waals surface area contributed by atoms with Crippen LogP contribution in [0.3, 0.4) is 0 Å². The van der Waals surface area contributed by atoms with Gasteiger partial charge in [-0.25, -0.2) is 4.39 Å². The molecule has 9 nitrogen and oxygen atoms in total. The number of amides is 2. The van der Waals surface area contributed by atoms with Gasteiger partial charge >= 0.3 is 0 Å². The number of likely N-dealkylation sites (tertiary alicyclic amines) is 1. The summed E-state index contributed by atoms with van der Waals surface area (Å²) >= 11 is 0. The first kappa shape index (κ1) is 27.0. The van der Waals surface area contributed by atoms with Crippen LogP contribution in [0.25, 0.3) is 0 Å². The van der Waals surface area contributed by atoms with E-state index in [0.717, 1.165) is 12.5 Å². The van der Waals surface area contributed by atoms with E-state index in [1.807, 2.05) is 0 Å². The maximum atomic E-state index is 14.8. The second-order valence-electron chi connectivity index (χ2n) is 9.01. The number of benzene rings is 2. The van der Waals surface area contributed by atoms with Crippen LogP contribution in [0.1, 0.15) is 47.9 Å². The van der Waals surface area contributed by atoms with Crippen LogP contribution in [0.2, 0.25) is 0 Å². The molecule has 0 saturated carbocycles. The zero-order valence-electron chi connectivity index (χ0n) is 20.9. The smallest absolute Gasteiger partial charge is 0.253 e. The number of halogens is 1. The Labute approximate surface area is 210 Å². The molecule has 5 N–H and O–H groups in total. The Morgan fingerprint density at radius 2 is 1.86 bits per heavy atom. The highest BCUT2D eigenvalue weighted by atomic mass is 19.1. The highest BCUT2D eigenvalue weighted by Gasteiger charge is 2.24. The summed E-state index contributed by atoms with van der Waals surface area (Å²) in [6.45, 7) is 6.18. The number of rotatable bonds is 10. The van der Waals surface area contributed by atoms with E-state index in [1.54, 1.807) is 45.0 Å². The van der Waals surface area contributed by atoms with Crippen molar-refractivity contribution in [1.82, 2.24) is 15.5 Å². The number of nitrogens with one attached hydrogen (secondary N) is 2. The molecule has 194 valence electrons. The molecule has 1 fully saturated rings. The molecule has 2 aromatic rings. The molecule has 1 heterocycles. The molecule has 1 aliphatic heterocycles. The van der Waals surface area contributed by atoms with Gasteiger partial charge in [0, 0.05) is 37.3 Å². The van der Waals surface area contributed by atoms with E-state index in [1.165, 1.54) is 30.3 Å². The minimum atomic E-state index is -1.16. The van der Waals surface area contributed by atoms with Gasteiger partial charge in [0.15, 0.2) is 11.6 Å². The van der Waals surface area contributed by atoms with Crippen molar-refractivity contribution in [3.63, 3.8) is 0 Å². The van der Waals surface area contributed by atoms with E-state index in [2.05, 4.69) is 10.6 Å². The first-order chi connectivity index (χ1) is 17.0. The van der Waals surface area contributed by atoms with Crippen LogP contribution < -0.4 is 25.8 Å². The summed E-state index contributed by atoms with van der Waals surface area (Å²) in [7, 11) is 1.70. The van der Waals surface area contributed by atoms with Gasteiger partial charge in [0.1, 0.15) is 23.3 Å². The van der Waals surface area contributed by atoms with Crippen LogP contribution in [0.4, 0.5) is 4.39 Å². The van der Waals surface area contributed by atoms with Crippen molar-refractivity contribution in [3.8, 4) is 17.2 Å². The standard InChI is InChI=1S/C26H33FN4O5/c1-16(32)17(2)35-20-12-19(24(33)30-26(3,28)8-9-29-4)13-21(15-20)36-23-7-6-18(14-22(23)27)25(34)31-10-5-11-31/h6-9,12-17,29,32H,5,10-11,28H2,1-4H3,(H,30,33)/b9-8-. The van der Waals surface area contributed by atoms with Crippen LogP contribution in [0.15, 0.2) is 48.7 Å². The molecular weight excluding hydrogens is 467 g/mol. The van der Waals surface area contributed by atoms with E-state index in [4.69, 9.17) is 15.2 Å². The first-order valence-corrected chi connectivity index (χ1v) is 11.7. The summed E-state index contributed by atoms with van der Waals surface area (Å²) in [5, 5.41) is 15.3. The zero-order valence-corrected chi connectivity index (χ0v) is 20.9. The predicted molar refractivity (Wildman–Crippen MR) is 133 cm³/mol. The van der Waals surface area contributed by atoms with Gasteiger partial charge in [0.05, 0.1) is 6.10 Å². The van der Waals surface area contributed by atoms with Crippen LogP contribution in [-0.2, 0) is 0 Å². The molecule has 36 heavy (non-hydrogen) atoms. The van der Waals surface area contributed by atoms with Crippen molar-refractivity contribution in [2.45, 2.75) is 45.1 Å². The Hall–Kier alpha value is -3.63. The maximum absolute atomic E-state index is 14.8. The van der Waals surface area contributed by atoms with E-state index < -0.39 is 29.6 Å². The zero-order chi connectivity index (χ0) is 26.5. The van der Waals surface area contributed by atoms with Crippen LogP contribution in [-0.4, -0.2) is 59.8 Å². The van der Waals surface area contributed by atoms with E-state index in [0.29, 0.717) is 13.1 Å². The van der Waals surface area contributed by atoms with Gasteiger partial charge in [0.2, 0.25) is 0 Å². The predicted octanol–water partition coefficient (Wildman–Crippen LogP) is 2.75. The Morgan fingerprint density at radius 1 is 1.17 bits per heavy atom. The van der Waals surface area contributed by atoms with Crippen molar-refractivity contribution in [1.29, 1.82) is 0 Å². The minimum absolute atomic E-state index is 0.122. The summed E-state index contributed by atoms with van der Waals surface area (Å²) in [6, 6.07) is 8.38. The van der Waals surface area contributed by atoms with Gasteiger partial charge in [-0.1, -0.05) is 0 Å². The lowest BCUT2D eigenvalue weighted by Crippen LogP contribution is -2.52. The van der Waals surface area contributed by atoms with Gasteiger partial charge in [-0.05, 0) is 69.8 Å². The molecule has 0 bridgehead atoms. The molecule has 0 aliphatic carbocycles.